The number of carbonyl (C=O) groups is 2. The SMILES string of the molecule is CC(C)CCNC(=O)CN1C(=O)COc2ccc([N+](=O)[O-])cc21. The number of nitro benzene ring substituents is 1. The van der Waals surface area contributed by atoms with Crippen LogP contribution in [0.15, 0.2) is 18.2 Å². The second-order valence-electron chi connectivity index (χ2n) is 5.71. The summed E-state index contributed by atoms with van der Waals surface area (Å²) in [6.07, 6.45) is 0.838. The molecule has 0 bridgehead atoms. The molecule has 1 aromatic carbocycles. The third kappa shape index (κ3) is 4.18. The monoisotopic (exact) mass is 321 g/mol. The van der Waals surface area contributed by atoms with E-state index in [4.69, 9.17) is 4.74 Å². The highest BCUT2D eigenvalue weighted by Gasteiger charge is 2.29. The van der Waals surface area contributed by atoms with Crippen molar-refractivity contribution in [1.29, 1.82) is 0 Å². The molecule has 1 heterocycles. The van der Waals surface area contributed by atoms with E-state index in [1.54, 1.807) is 0 Å². The summed E-state index contributed by atoms with van der Waals surface area (Å²) in [6, 6.07) is 3.98. The first-order valence-corrected chi connectivity index (χ1v) is 7.36. The molecule has 23 heavy (non-hydrogen) atoms. The average Bonchev–Trinajstić information content (AvgIpc) is 2.49. The van der Waals surface area contributed by atoms with Gasteiger partial charge in [0.25, 0.3) is 11.6 Å². The number of rotatable bonds is 6. The van der Waals surface area contributed by atoms with Crippen molar-refractivity contribution >= 4 is 23.2 Å². The van der Waals surface area contributed by atoms with Gasteiger partial charge in [0.05, 0.1) is 10.6 Å². The fourth-order valence-electron chi connectivity index (χ4n) is 2.18. The summed E-state index contributed by atoms with van der Waals surface area (Å²) in [4.78, 5) is 35.5. The number of anilines is 1. The zero-order chi connectivity index (χ0) is 17.0. The summed E-state index contributed by atoms with van der Waals surface area (Å²) in [6.45, 7) is 4.25. The van der Waals surface area contributed by atoms with Crippen LogP contribution in [0.1, 0.15) is 20.3 Å². The molecular formula is C15H19N3O5. The molecule has 0 unspecified atom stereocenters. The Hall–Kier alpha value is -2.64. The molecule has 8 heteroatoms. The Bertz CT molecular complexity index is 630. The van der Waals surface area contributed by atoms with Crippen molar-refractivity contribution in [3.05, 3.63) is 28.3 Å². The van der Waals surface area contributed by atoms with Gasteiger partial charge in [-0.1, -0.05) is 13.8 Å². The van der Waals surface area contributed by atoms with Gasteiger partial charge in [0, 0.05) is 18.7 Å². The van der Waals surface area contributed by atoms with E-state index in [9.17, 15) is 19.7 Å². The maximum absolute atomic E-state index is 12.0. The van der Waals surface area contributed by atoms with Gasteiger partial charge in [0.15, 0.2) is 6.61 Å². The average molecular weight is 321 g/mol. The van der Waals surface area contributed by atoms with Gasteiger partial charge in [-0.15, -0.1) is 0 Å². The molecule has 124 valence electrons. The van der Waals surface area contributed by atoms with E-state index in [0.29, 0.717) is 18.2 Å². The van der Waals surface area contributed by atoms with Gasteiger partial charge in [0.2, 0.25) is 5.91 Å². The first kappa shape index (κ1) is 16.7. The first-order chi connectivity index (χ1) is 10.9. The molecule has 8 nitrogen and oxygen atoms in total. The molecule has 0 saturated carbocycles. The summed E-state index contributed by atoms with van der Waals surface area (Å²) in [5.41, 5.74) is 0.0849. The molecule has 1 aromatic rings. The van der Waals surface area contributed by atoms with Crippen molar-refractivity contribution in [2.45, 2.75) is 20.3 Å². The minimum atomic E-state index is -0.555. The van der Waals surface area contributed by atoms with E-state index in [0.717, 1.165) is 6.42 Å². The van der Waals surface area contributed by atoms with Crippen LogP contribution in [0.3, 0.4) is 0 Å². The maximum atomic E-state index is 12.0. The van der Waals surface area contributed by atoms with Crippen LogP contribution in [0.25, 0.3) is 0 Å². The Balaban J connectivity index is 2.12. The standard InChI is InChI=1S/C15H19N3O5/c1-10(2)5-6-16-14(19)8-17-12-7-11(18(21)22)3-4-13(12)23-9-15(17)20/h3-4,7,10H,5-6,8-9H2,1-2H3,(H,16,19). The molecule has 0 aromatic heterocycles. The number of ether oxygens (including phenoxy) is 1. The highest BCUT2D eigenvalue weighted by Crippen LogP contribution is 2.35. The number of nitro groups is 1. The highest BCUT2D eigenvalue weighted by molar-refractivity contribution is 6.02. The summed E-state index contributed by atoms with van der Waals surface area (Å²) < 4.78 is 5.25. The number of benzene rings is 1. The number of carbonyl (C=O) groups excluding carboxylic acids is 2. The van der Waals surface area contributed by atoms with E-state index >= 15 is 0 Å². The molecule has 0 atom stereocenters. The molecular weight excluding hydrogens is 302 g/mol. The van der Waals surface area contributed by atoms with Crippen LogP contribution in [-0.4, -0.2) is 36.4 Å². The van der Waals surface area contributed by atoms with Gasteiger partial charge >= 0.3 is 0 Å². The minimum Gasteiger partial charge on any atom is -0.482 e. The quantitative estimate of drug-likeness (QED) is 0.631. The molecule has 1 aliphatic heterocycles. The first-order valence-electron chi connectivity index (χ1n) is 7.36. The van der Waals surface area contributed by atoms with Gasteiger partial charge < -0.3 is 10.1 Å². The van der Waals surface area contributed by atoms with E-state index in [-0.39, 0.29) is 30.4 Å². The summed E-state index contributed by atoms with van der Waals surface area (Å²) >= 11 is 0. The second kappa shape index (κ2) is 7.08. The normalized spacial score (nSPS) is 13.5. The van der Waals surface area contributed by atoms with Gasteiger partial charge in [-0.05, 0) is 18.4 Å². The van der Waals surface area contributed by atoms with Gasteiger partial charge in [-0.2, -0.15) is 0 Å². The zero-order valence-corrected chi connectivity index (χ0v) is 13.1. The number of nitrogens with one attached hydrogen (secondary N) is 1. The fraction of sp³-hybridized carbons (Fsp3) is 0.467. The summed E-state index contributed by atoms with van der Waals surface area (Å²) in [5, 5.41) is 13.6. The molecule has 0 fully saturated rings. The second-order valence-corrected chi connectivity index (χ2v) is 5.71. The molecule has 2 amide bonds. The third-order valence-corrected chi connectivity index (χ3v) is 3.44. The van der Waals surface area contributed by atoms with E-state index < -0.39 is 10.8 Å². The van der Waals surface area contributed by atoms with Crippen LogP contribution in [0, 0.1) is 16.0 Å². The van der Waals surface area contributed by atoms with Crippen molar-refractivity contribution in [3.63, 3.8) is 0 Å². The van der Waals surface area contributed by atoms with E-state index in [1.165, 1.54) is 23.1 Å². The zero-order valence-electron chi connectivity index (χ0n) is 13.1. The van der Waals surface area contributed by atoms with Crippen LogP contribution in [0.2, 0.25) is 0 Å². The molecule has 1 aliphatic rings. The molecule has 2 rings (SSSR count). The predicted octanol–water partition coefficient (Wildman–Crippen LogP) is 1.48. The van der Waals surface area contributed by atoms with Crippen molar-refractivity contribution in [2.24, 2.45) is 5.92 Å². The molecule has 0 saturated heterocycles. The topological polar surface area (TPSA) is 102 Å². The lowest BCUT2D eigenvalue weighted by atomic mass is 10.1. The largest absolute Gasteiger partial charge is 0.482 e. The van der Waals surface area contributed by atoms with Crippen molar-refractivity contribution in [2.75, 3.05) is 24.6 Å². The summed E-state index contributed by atoms with van der Waals surface area (Å²) in [7, 11) is 0. The molecule has 0 spiro atoms. The van der Waals surface area contributed by atoms with Crippen LogP contribution >= 0.6 is 0 Å². The van der Waals surface area contributed by atoms with Crippen molar-refractivity contribution in [3.8, 4) is 5.75 Å². The lowest BCUT2D eigenvalue weighted by molar-refractivity contribution is -0.384. The van der Waals surface area contributed by atoms with Gasteiger partial charge in [-0.3, -0.25) is 24.6 Å². The van der Waals surface area contributed by atoms with Crippen LogP contribution in [0.5, 0.6) is 5.75 Å². The van der Waals surface area contributed by atoms with Gasteiger partial charge in [0.1, 0.15) is 12.3 Å². The van der Waals surface area contributed by atoms with Crippen molar-refractivity contribution < 1.29 is 19.2 Å². The Labute approximate surface area is 133 Å². The van der Waals surface area contributed by atoms with E-state index in [1.807, 2.05) is 13.8 Å². The number of fused-ring (bicyclic) bond motifs is 1. The smallest absolute Gasteiger partial charge is 0.271 e. The van der Waals surface area contributed by atoms with Crippen LogP contribution < -0.4 is 15.0 Å². The maximum Gasteiger partial charge on any atom is 0.271 e. The molecule has 1 N–H and O–H groups in total. The predicted molar refractivity (Wildman–Crippen MR) is 83.4 cm³/mol. The Morgan fingerprint density at radius 1 is 1.48 bits per heavy atom. The van der Waals surface area contributed by atoms with Crippen LogP contribution in [-0.2, 0) is 9.59 Å². The minimum absolute atomic E-state index is 0.160. The highest BCUT2D eigenvalue weighted by atomic mass is 16.6. The van der Waals surface area contributed by atoms with E-state index in [2.05, 4.69) is 5.32 Å². The lowest BCUT2D eigenvalue weighted by Gasteiger charge is -2.28. The Morgan fingerprint density at radius 3 is 2.87 bits per heavy atom. The molecule has 0 aliphatic carbocycles. The number of hydrogen-bond donors (Lipinski definition) is 1. The third-order valence-electron chi connectivity index (χ3n) is 3.44. The fourth-order valence-corrected chi connectivity index (χ4v) is 2.18. The number of non-ortho nitro benzene ring substituents is 1. The summed E-state index contributed by atoms with van der Waals surface area (Å²) in [5.74, 6) is 0.101. The van der Waals surface area contributed by atoms with Gasteiger partial charge in [-0.25, -0.2) is 0 Å². The Kier molecular flexibility index (Phi) is 5.15. The van der Waals surface area contributed by atoms with Crippen molar-refractivity contribution in [1.82, 2.24) is 5.32 Å². The van der Waals surface area contributed by atoms with Crippen LogP contribution in [0.4, 0.5) is 11.4 Å². The Morgan fingerprint density at radius 2 is 2.22 bits per heavy atom. The number of hydrogen-bond acceptors (Lipinski definition) is 5. The lowest BCUT2D eigenvalue weighted by Crippen LogP contribution is -2.45. The molecule has 0 radical (unpaired) electrons. The number of nitrogens with zero attached hydrogens (tertiary/aromatic N) is 2. The number of amides is 2.